The number of ketones is 1. The molecule has 1 aliphatic rings. The molecule has 0 radical (unpaired) electrons. The summed E-state index contributed by atoms with van der Waals surface area (Å²) >= 11 is 0. The highest BCUT2D eigenvalue weighted by molar-refractivity contribution is 5.84. The minimum absolute atomic E-state index is 0.0697. The zero-order valence-electron chi connectivity index (χ0n) is 5.97. The van der Waals surface area contributed by atoms with E-state index < -0.39 is 0 Å². The van der Waals surface area contributed by atoms with E-state index in [1.54, 1.807) is 0 Å². The van der Waals surface area contributed by atoms with Crippen molar-refractivity contribution >= 4 is 5.78 Å². The molecule has 1 atom stereocenters. The average molecular weight is 143 g/mol. The molecule has 3 heteroatoms. The van der Waals surface area contributed by atoms with Crippen molar-refractivity contribution in [2.75, 3.05) is 13.2 Å². The second-order valence-corrected chi connectivity index (χ2v) is 2.63. The highest BCUT2D eigenvalue weighted by Crippen LogP contribution is 2.06. The van der Waals surface area contributed by atoms with Gasteiger partial charge in [-0.2, -0.15) is 0 Å². The molecule has 0 aliphatic carbocycles. The van der Waals surface area contributed by atoms with Crippen molar-refractivity contribution in [3.05, 3.63) is 0 Å². The lowest BCUT2D eigenvalue weighted by molar-refractivity contribution is -0.124. The molecule has 0 saturated carbocycles. The van der Waals surface area contributed by atoms with Crippen molar-refractivity contribution in [3.8, 4) is 0 Å². The number of nitrogens with one attached hydrogen (secondary N) is 1. The summed E-state index contributed by atoms with van der Waals surface area (Å²) < 4.78 is 0. The minimum Gasteiger partial charge on any atom is -0.389 e. The maximum atomic E-state index is 10.9. The molecule has 0 bridgehead atoms. The maximum Gasteiger partial charge on any atom is 0.174 e. The Bertz CT molecular complexity index is 119. The topological polar surface area (TPSA) is 49.3 Å². The Hall–Kier alpha value is -0.410. The monoisotopic (exact) mass is 143 g/mol. The molecule has 58 valence electrons. The van der Waals surface area contributed by atoms with Gasteiger partial charge in [-0.3, -0.25) is 4.79 Å². The Labute approximate surface area is 60.4 Å². The number of rotatable bonds is 2. The number of piperidine rings is 1. The van der Waals surface area contributed by atoms with E-state index in [-0.39, 0.29) is 18.4 Å². The fraction of sp³-hybridized carbons (Fsp3) is 0.857. The molecule has 0 aromatic heterocycles. The Morgan fingerprint density at radius 2 is 2.40 bits per heavy atom. The number of aliphatic hydroxyl groups excluding tert-OH is 1. The van der Waals surface area contributed by atoms with E-state index in [1.165, 1.54) is 0 Å². The van der Waals surface area contributed by atoms with Gasteiger partial charge in [-0.1, -0.05) is 6.42 Å². The number of Topliss-reactive ketones (excluding diaryl/α,β-unsaturated/α-hetero) is 1. The lowest BCUT2D eigenvalue weighted by Crippen LogP contribution is -2.41. The van der Waals surface area contributed by atoms with E-state index in [0.717, 1.165) is 25.8 Å². The van der Waals surface area contributed by atoms with Crippen LogP contribution in [0.1, 0.15) is 19.3 Å². The molecule has 0 aromatic rings. The van der Waals surface area contributed by atoms with Crippen LogP contribution in [0.3, 0.4) is 0 Å². The Morgan fingerprint density at radius 1 is 1.60 bits per heavy atom. The Morgan fingerprint density at radius 3 is 2.90 bits per heavy atom. The van der Waals surface area contributed by atoms with Crippen LogP contribution in [0.2, 0.25) is 0 Å². The van der Waals surface area contributed by atoms with Gasteiger partial charge in [0.1, 0.15) is 6.61 Å². The SMILES string of the molecule is O=C(CO)[C@@H]1CCCCN1. The third-order valence-corrected chi connectivity index (χ3v) is 1.85. The van der Waals surface area contributed by atoms with Crippen molar-refractivity contribution in [3.63, 3.8) is 0 Å². The molecule has 1 saturated heterocycles. The Balaban J connectivity index is 2.31. The van der Waals surface area contributed by atoms with Crippen molar-refractivity contribution < 1.29 is 9.90 Å². The smallest absolute Gasteiger partial charge is 0.174 e. The van der Waals surface area contributed by atoms with Crippen LogP contribution in [0.15, 0.2) is 0 Å². The zero-order valence-corrected chi connectivity index (χ0v) is 5.97. The van der Waals surface area contributed by atoms with Crippen molar-refractivity contribution in [1.29, 1.82) is 0 Å². The summed E-state index contributed by atoms with van der Waals surface area (Å²) in [5, 5.41) is 11.6. The van der Waals surface area contributed by atoms with Gasteiger partial charge in [0.25, 0.3) is 0 Å². The largest absolute Gasteiger partial charge is 0.389 e. The van der Waals surface area contributed by atoms with Crippen molar-refractivity contribution in [2.24, 2.45) is 0 Å². The van der Waals surface area contributed by atoms with E-state index in [0.29, 0.717) is 0 Å². The normalized spacial score (nSPS) is 26.3. The van der Waals surface area contributed by atoms with Gasteiger partial charge in [-0.25, -0.2) is 0 Å². The third kappa shape index (κ3) is 1.78. The summed E-state index contributed by atoms with van der Waals surface area (Å²) in [7, 11) is 0. The number of carbonyl (C=O) groups excluding carboxylic acids is 1. The lowest BCUT2D eigenvalue weighted by atomic mass is 10.0. The fourth-order valence-electron chi connectivity index (χ4n) is 1.24. The molecule has 2 N–H and O–H groups in total. The van der Waals surface area contributed by atoms with Crippen LogP contribution >= 0.6 is 0 Å². The van der Waals surface area contributed by atoms with Gasteiger partial charge >= 0.3 is 0 Å². The molecule has 1 aliphatic heterocycles. The minimum atomic E-state index is -0.322. The molecule has 1 fully saturated rings. The molecule has 0 aromatic carbocycles. The van der Waals surface area contributed by atoms with Gasteiger partial charge in [0.2, 0.25) is 0 Å². The van der Waals surface area contributed by atoms with E-state index in [9.17, 15) is 4.79 Å². The summed E-state index contributed by atoms with van der Waals surface area (Å²) in [5.74, 6) is -0.0697. The molecule has 0 spiro atoms. The summed E-state index contributed by atoms with van der Waals surface area (Å²) in [5.41, 5.74) is 0. The highest BCUT2D eigenvalue weighted by Gasteiger charge is 2.18. The van der Waals surface area contributed by atoms with E-state index in [1.807, 2.05) is 0 Å². The van der Waals surface area contributed by atoms with Gasteiger partial charge in [-0.05, 0) is 19.4 Å². The first kappa shape index (κ1) is 7.69. The molecule has 3 nitrogen and oxygen atoms in total. The van der Waals surface area contributed by atoms with Crippen molar-refractivity contribution in [1.82, 2.24) is 5.32 Å². The predicted molar refractivity (Wildman–Crippen MR) is 37.7 cm³/mol. The number of aliphatic hydroxyl groups is 1. The first-order valence-electron chi connectivity index (χ1n) is 3.71. The van der Waals surface area contributed by atoms with Gasteiger partial charge in [-0.15, -0.1) is 0 Å². The number of hydrogen-bond donors (Lipinski definition) is 2. The first-order chi connectivity index (χ1) is 4.84. The van der Waals surface area contributed by atoms with E-state index in [4.69, 9.17) is 5.11 Å². The van der Waals surface area contributed by atoms with Crippen LogP contribution in [-0.4, -0.2) is 30.1 Å². The predicted octanol–water partition coefficient (Wildman–Crippen LogP) is -0.310. The number of carbonyl (C=O) groups is 1. The average Bonchev–Trinajstić information content (AvgIpc) is 2.05. The van der Waals surface area contributed by atoms with Gasteiger partial charge in [0.15, 0.2) is 5.78 Å². The van der Waals surface area contributed by atoms with Crippen LogP contribution in [0, 0.1) is 0 Å². The molecule has 1 rings (SSSR count). The molecule has 10 heavy (non-hydrogen) atoms. The maximum absolute atomic E-state index is 10.9. The van der Waals surface area contributed by atoms with Crippen LogP contribution in [-0.2, 0) is 4.79 Å². The number of hydrogen-bond acceptors (Lipinski definition) is 3. The summed E-state index contributed by atoms with van der Waals surface area (Å²) in [6.45, 7) is 0.591. The van der Waals surface area contributed by atoms with Crippen LogP contribution in [0.4, 0.5) is 0 Å². The van der Waals surface area contributed by atoms with E-state index in [2.05, 4.69) is 5.32 Å². The second-order valence-electron chi connectivity index (χ2n) is 2.63. The van der Waals surface area contributed by atoms with Crippen LogP contribution < -0.4 is 5.32 Å². The fourth-order valence-corrected chi connectivity index (χ4v) is 1.24. The summed E-state index contributed by atoms with van der Waals surface area (Å²) in [6, 6.07) is -0.0706. The summed E-state index contributed by atoms with van der Waals surface area (Å²) in [4.78, 5) is 10.9. The lowest BCUT2D eigenvalue weighted by Gasteiger charge is -2.20. The molecule has 0 unspecified atom stereocenters. The van der Waals surface area contributed by atoms with Crippen LogP contribution in [0.5, 0.6) is 0 Å². The zero-order chi connectivity index (χ0) is 7.40. The van der Waals surface area contributed by atoms with Crippen LogP contribution in [0.25, 0.3) is 0 Å². The van der Waals surface area contributed by atoms with Gasteiger partial charge in [0, 0.05) is 0 Å². The second kappa shape index (κ2) is 3.68. The van der Waals surface area contributed by atoms with Crippen molar-refractivity contribution in [2.45, 2.75) is 25.3 Å². The third-order valence-electron chi connectivity index (χ3n) is 1.85. The Kier molecular flexibility index (Phi) is 2.83. The summed E-state index contributed by atoms with van der Waals surface area (Å²) in [6.07, 6.45) is 3.14. The standard InChI is InChI=1S/C7H13NO2/c9-5-7(10)6-3-1-2-4-8-6/h6,8-9H,1-5H2/t6-/m0/s1. The first-order valence-corrected chi connectivity index (χ1v) is 3.71. The van der Waals surface area contributed by atoms with Gasteiger partial charge < -0.3 is 10.4 Å². The molecular weight excluding hydrogens is 130 g/mol. The quantitative estimate of drug-likeness (QED) is 0.557. The van der Waals surface area contributed by atoms with E-state index >= 15 is 0 Å². The molecular formula is C7H13NO2. The molecule has 0 amide bonds. The van der Waals surface area contributed by atoms with Gasteiger partial charge in [0.05, 0.1) is 6.04 Å². The highest BCUT2D eigenvalue weighted by atomic mass is 16.3. The molecule has 1 heterocycles.